The zero-order valence-electron chi connectivity index (χ0n) is 12.0. The fraction of sp³-hybridized carbons (Fsp3) is 0.333. The second-order valence-electron chi connectivity index (χ2n) is 4.83. The highest BCUT2D eigenvalue weighted by Crippen LogP contribution is 2.21. The molecule has 106 valence electrons. The van der Waals surface area contributed by atoms with E-state index in [1.807, 2.05) is 13.0 Å². The number of hydrogen-bond acceptors (Lipinski definition) is 3. The van der Waals surface area contributed by atoms with Gasteiger partial charge in [-0.1, -0.05) is 6.07 Å². The number of rotatable bonds is 5. The van der Waals surface area contributed by atoms with E-state index in [1.165, 1.54) is 16.0 Å². The van der Waals surface area contributed by atoms with Gasteiger partial charge >= 0.3 is 0 Å². The highest BCUT2D eigenvalue weighted by atomic mass is 32.2. The third-order valence-corrected chi connectivity index (χ3v) is 4.05. The van der Waals surface area contributed by atoms with Gasteiger partial charge in [-0.05, 0) is 44.0 Å². The summed E-state index contributed by atoms with van der Waals surface area (Å²) in [5.41, 5.74) is 3.51. The number of nitrogens with one attached hydrogen (secondary N) is 2. The number of amides is 1. The van der Waals surface area contributed by atoms with Crippen LogP contribution in [-0.4, -0.2) is 21.9 Å². The molecule has 2 rings (SSSR count). The van der Waals surface area contributed by atoms with Crippen LogP contribution in [0.3, 0.4) is 0 Å². The molecule has 0 aliphatic rings. The van der Waals surface area contributed by atoms with Crippen molar-refractivity contribution in [3.05, 3.63) is 41.1 Å². The molecule has 0 atom stereocenters. The first-order valence-electron chi connectivity index (χ1n) is 6.56. The third-order valence-electron chi connectivity index (χ3n) is 3.05. The molecule has 0 saturated heterocycles. The zero-order chi connectivity index (χ0) is 14.5. The standard InChI is InChI=1S/C15H19N3OS/c1-10-4-5-13(8-11(10)2)20-7-6-15(19)16-14-9-12(3)17-18-14/h4-5,8-9H,6-7H2,1-3H3,(H2,16,17,18,19). The smallest absolute Gasteiger partial charge is 0.226 e. The highest BCUT2D eigenvalue weighted by Gasteiger charge is 2.05. The molecule has 1 aromatic heterocycles. The summed E-state index contributed by atoms with van der Waals surface area (Å²) in [6.45, 7) is 6.10. The first-order valence-corrected chi connectivity index (χ1v) is 7.55. The first kappa shape index (κ1) is 14.7. The van der Waals surface area contributed by atoms with Crippen molar-refractivity contribution in [1.82, 2.24) is 10.2 Å². The highest BCUT2D eigenvalue weighted by molar-refractivity contribution is 7.99. The van der Waals surface area contributed by atoms with Crippen molar-refractivity contribution in [3.8, 4) is 0 Å². The summed E-state index contributed by atoms with van der Waals surface area (Å²) in [7, 11) is 0. The van der Waals surface area contributed by atoms with Crippen LogP contribution in [-0.2, 0) is 4.79 Å². The Morgan fingerprint density at radius 1 is 1.25 bits per heavy atom. The quantitative estimate of drug-likeness (QED) is 0.829. The van der Waals surface area contributed by atoms with Gasteiger partial charge in [0.1, 0.15) is 0 Å². The van der Waals surface area contributed by atoms with Gasteiger partial charge in [-0.2, -0.15) is 5.10 Å². The van der Waals surface area contributed by atoms with Crippen LogP contribution in [0.5, 0.6) is 0 Å². The van der Waals surface area contributed by atoms with Gasteiger partial charge < -0.3 is 5.32 Å². The van der Waals surface area contributed by atoms with E-state index < -0.39 is 0 Å². The van der Waals surface area contributed by atoms with Gasteiger partial charge in [0, 0.05) is 28.8 Å². The number of aromatic nitrogens is 2. The molecule has 0 bridgehead atoms. The SMILES string of the molecule is Cc1cc(NC(=O)CCSc2ccc(C)c(C)c2)n[nH]1. The number of carbonyl (C=O) groups is 1. The summed E-state index contributed by atoms with van der Waals surface area (Å²) in [6, 6.07) is 8.19. The van der Waals surface area contributed by atoms with Crippen molar-refractivity contribution < 1.29 is 4.79 Å². The topological polar surface area (TPSA) is 57.8 Å². The van der Waals surface area contributed by atoms with Crippen molar-refractivity contribution in [1.29, 1.82) is 0 Å². The number of carbonyl (C=O) groups excluding carboxylic acids is 1. The minimum atomic E-state index is -0.00664. The molecule has 2 N–H and O–H groups in total. The van der Waals surface area contributed by atoms with Crippen molar-refractivity contribution in [2.75, 3.05) is 11.1 Å². The van der Waals surface area contributed by atoms with Crippen LogP contribution < -0.4 is 5.32 Å². The number of hydrogen-bond donors (Lipinski definition) is 2. The Morgan fingerprint density at radius 2 is 2.05 bits per heavy atom. The van der Waals surface area contributed by atoms with E-state index in [4.69, 9.17) is 0 Å². The van der Waals surface area contributed by atoms with Crippen molar-refractivity contribution in [3.63, 3.8) is 0 Å². The second kappa shape index (κ2) is 6.61. The Morgan fingerprint density at radius 3 is 2.70 bits per heavy atom. The Kier molecular flexibility index (Phi) is 4.84. The molecule has 0 aliphatic heterocycles. The van der Waals surface area contributed by atoms with E-state index >= 15 is 0 Å². The van der Waals surface area contributed by atoms with Gasteiger partial charge in [-0.3, -0.25) is 9.89 Å². The van der Waals surface area contributed by atoms with E-state index in [0.717, 1.165) is 11.4 Å². The van der Waals surface area contributed by atoms with Crippen LogP contribution in [0.2, 0.25) is 0 Å². The average Bonchev–Trinajstić information content (AvgIpc) is 2.79. The maximum atomic E-state index is 11.8. The molecule has 5 heteroatoms. The van der Waals surface area contributed by atoms with Gasteiger partial charge in [-0.15, -0.1) is 11.8 Å². The van der Waals surface area contributed by atoms with Crippen molar-refractivity contribution in [2.45, 2.75) is 32.1 Å². The maximum absolute atomic E-state index is 11.8. The molecule has 4 nitrogen and oxygen atoms in total. The Hall–Kier alpha value is -1.75. The fourth-order valence-electron chi connectivity index (χ4n) is 1.75. The first-order chi connectivity index (χ1) is 9.54. The van der Waals surface area contributed by atoms with Gasteiger partial charge in [0.15, 0.2) is 5.82 Å². The van der Waals surface area contributed by atoms with E-state index in [1.54, 1.807) is 11.8 Å². The fourth-order valence-corrected chi connectivity index (χ4v) is 2.70. The van der Waals surface area contributed by atoms with Crippen LogP contribution in [0.15, 0.2) is 29.2 Å². The molecular weight excluding hydrogens is 270 g/mol. The molecule has 0 saturated carbocycles. The van der Waals surface area contributed by atoms with Gasteiger partial charge in [0.05, 0.1) is 0 Å². The van der Waals surface area contributed by atoms with Crippen LogP contribution in [0.4, 0.5) is 5.82 Å². The second-order valence-corrected chi connectivity index (χ2v) is 6.00. The lowest BCUT2D eigenvalue weighted by molar-refractivity contribution is -0.115. The Balaban J connectivity index is 1.77. The molecule has 1 amide bonds. The van der Waals surface area contributed by atoms with E-state index in [0.29, 0.717) is 12.2 Å². The van der Waals surface area contributed by atoms with E-state index in [-0.39, 0.29) is 5.91 Å². The number of benzene rings is 1. The summed E-state index contributed by atoms with van der Waals surface area (Å²) in [4.78, 5) is 13.0. The monoisotopic (exact) mass is 289 g/mol. The minimum absolute atomic E-state index is 0.00664. The molecule has 2 aromatic rings. The maximum Gasteiger partial charge on any atom is 0.226 e. The van der Waals surface area contributed by atoms with Crippen LogP contribution in [0.1, 0.15) is 23.2 Å². The number of nitrogens with zero attached hydrogens (tertiary/aromatic N) is 1. The molecule has 0 radical (unpaired) electrons. The zero-order valence-corrected chi connectivity index (χ0v) is 12.8. The summed E-state index contributed by atoms with van der Waals surface area (Å²) in [5, 5.41) is 9.55. The molecule has 0 aliphatic carbocycles. The van der Waals surface area contributed by atoms with Gasteiger partial charge in [0.2, 0.25) is 5.91 Å². The van der Waals surface area contributed by atoms with Gasteiger partial charge in [0.25, 0.3) is 0 Å². The summed E-state index contributed by atoms with van der Waals surface area (Å²) >= 11 is 1.70. The molecule has 1 aromatic carbocycles. The van der Waals surface area contributed by atoms with E-state index in [9.17, 15) is 4.79 Å². The summed E-state index contributed by atoms with van der Waals surface area (Å²) in [6.07, 6.45) is 0.476. The molecule has 1 heterocycles. The predicted octanol–water partition coefficient (Wildman–Crippen LogP) is 3.46. The molecule has 0 fully saturated rings. The Labute approximate surface area is 123 Å². The van der Waals surface area contributed by atoms with Crippen molar-refractivity contribution in [2.24, 2.45) is 0 Å². The lowest BCUT2D eigenvalue weighted by atomic mass is 10.1. The lowest BCUT2D eigenvalue weighted by Gasteiger charge is -2.05. The van der Waals surface area contributed by atoms with Crippen LogP contribution in [0, 0.1) is 20.8 Å². The van der Waals surface area contributed by atoms with Crippen LogP contribution in [0.25, 0.3) is 0 Å². The number of H-pyrrole nitrogens is 1. The summed E-state index contributed by atoms with van der Waals surface area (Å²) < 4.78 is 0. The molecular formula is C15H19N3OS. The lowest BCUT2D eigenvalue weighted by Crippen LogP contribution is -2.12. The van der Waals surface area contributed by atoms with E-state index in [2.05, 4.69) is 47.6 Å². The number of aromatic amines is 1. The number of thioether (sulfide) groups is 1. The molecule has 0 unspecified atom stereocenters. The van der Waals surface area contributed by atoms with Crippen molar-refractivity contribution >= 4 is 23.5 Å². The number of aryl methyl sites for hydroxylation is 3. The average molecular weight is 289 g/mol. The molecule has 0 spiro atoms. The normalized spacial score (nSPS) is 10.6. The minimum Gasteiger partial charge on any atom is -0.309 e. The molecule has 20 heavy (non-hydrogen) atoms. The van der Waals surface area contributed by atoms with Gasteiger partial charge in [-0.25, -0.2) is 0 Å². The largest absolute Gasteiger partial charge is 0.309 e. The van der Waals surface area contributed by atoms with Crippen LogP contribution >= 0.6 is 11.8 Å². The third kappa shape index (κ3) is 4.13. The predicted molar refractivity (Wildman–Crippen MR) is 83.2 cm³/mol. The number of anilines is 1. The summed E-state index contributed by atoms with van der Waals surface area (Å²) in [5.74, 6) is 1.34. The Bertz CT molecular complexity index is 607.